The molecule has 1 aliphatic rings. The number of halogens is 1. The Labute approximate surface area is 171 Å². The molecule has 0 radical (unpaired) electrons. The second-order valence-electron chi connectivity index (χ2n) is 7.83. The van der Waals surface area contributed by atoms with E-state index < -0.39 is 0 Å². The number of fused-ring (bicyclic) bond motifs is 1. The van der Waals surface area contributed by atoms with Crippen molar-refractivity contribution in [3.63, 3.8) is 0 Å². The molecule has 0 saturated heterocycles. The standard InChI is InChI=1S/C27H23Cl/c28-24-15-13-21(14-16-24)25-12-6-11-22-17-23(19-7-4-5-8-19)18-26(27(22)25)20-9-2-1-3-10-20/h1-3,6,9-19H,4-5,7-8H2. The maximum atomic E-state index is 6.14. The fourth-order valence-electron chi connectivity index (χ4n) is 4.66. The molecule has 0 atom stereocenters. The molecule has 0 bridgehead atoms. The first kappa shape index (κ1) is 17.5. The van der Waals surface area contributed by atoms with Crippen LogP contribution in [-0.4, -0.2) is 0 Å². The molecule has 0 spiro atoms. The number of benzene rings is 4. The SMILES string of the molecule is Clc1ccc(-c2cccc3cc(C4CCCC4)cc(-c4ccccc4)c23)cc1. The Morgan fingerprint density at radius 3 is 2.11 bits per heavy atom. The van der Waals surface area contributed by atoms with Crippen LogP contribution in [0.4, 0.5) is 0 Å². The van der Waals surface area contributed by atoms with E-state index in [1.54, 1.807) is 0 Å². The molecule has 1 heteroatoms. The van der Waals surface area contributed by atoms with Gasteiger partial charge in [0.25, 0.3) is 0 Å². The first-order valence-electron chi connectivity index (χ1n) is 10.2. The lowest BCUT2D eigenvalue weighted by Crippen LogP contribution is -1.95. The van der Waals surface area contributed by atoms with Crippen LogP contribution in [0, 0.1) is 0 Å². The molecule has 0 aliphatic heterocycles. The zero-order chi connectivity index (χ0) is 18.9. The van der Waals surface area contributed by atoms with E-state index in [1.165, 1.54) is 64.3 Å². The monoisotopic (exact) mass is 382 g/mol. The van der Waals surface area contributed by atoms with Crippen molar-refractivity contribution in [2.75, 3.05) is 0 Å². The largest absolute Gasteiger partial charge is 0.0843 e. The second kappa shape index (κ2) is 7.45. The maximum Gasteiger partial charge on any atom is 0.0406 e. The number of rotatable bonds is 3. The molecule has 28 heavy (non-hydrogen) atoms. The summed E-state index contributed by atoms with van der Waals surface area (Å²) in [6.07, 6.45) is 5.34. The molecule has 0 aromatic heterocycles. The molecule has 1 aliphatic carbocycles. The van der Waals surface area contributed by atoms with Crippen LogP contribution in [0.15, 0.2) is 84.9 Å². The lowest BCUT2D eigenvalue weighted by molar-refractivity contribution is 0.724. The molecule has 1 fully saturated rings. The van der Waals surface area contributed by atoms with Crippen molar-refractivity contribution >= 4 is 22.4 Å². The van der Waals surface area contributed by atoms with Crippen molar-refractivity contribution < 1.29 is 0 Å². The van der Waals surface area contributed by atoms with Crippen LogP contribution in [0.25, 0.3) is 33.0 Å². The Hall–Kier alpha value is -2.57. The summed E-state index contributed by atoms with van der Waals surface area (Å²) in [4.78, 5) is 0. The van der Waals surface area contributed by atoms with Gasteiger partial charge in [0.15, 0.2) is 0 Å². The Bertz CT molecular complexity index is 1100. The summed E-state index contributed by atoms with van der Waals surface area (Å²) in [7, 11) is 0. The van der Waals surface area contributed by atoms with Gasteiger partial charge in [-0.1, -0.05) is 97.2 Å². The molecule has 0 unspecified atom stereocenters. The van der Waals surface area contributed by atoms with Gasteiger partial charge >= 0.3 is 0 Å². The van der Waals surface area contributed by atoms with Gasteiger partial charge in [-0.25, -0.2) is 0 Å². The van der Waals surface area contributed by atoms with Gasteiger partial charge in [-0.05, 0) is 69.5 Å². The summed E-state index contributed by atoms with van der Waals surface area (Å²) < 4.78 is 0. The van der Waals surface area contributed by atoms with Crippen LogP contribution in [0.5, 0.6) is 0 Å². The molecule has 138 valence electrons. The number of hydrogen-bond donors (Lipinski definition) is 0. The quantitative estimate of drug-likeness (QED) is 0.333. The van der Waals surface area contributed by atoms with Gasteiger partial charge in [0.2, 0.25) is 0 Å². The van der Waals surface area contributed by atoms with Gasteiger partial charge in [0.1, 0.15) is 0 Å². The van der Waals surface area contributed by atoms with E-state index in [4.69, 9.17) is 11.6 Å². The Kier molecular flexibility index (Phi) is 4.66. The van der Waals surface area contributed by atoms with E-state index in [1.807, 2.05) is 12.1 Å². The third-order valence-corrected chi connectivity index (χ3v) is 6.32. The highest BCUT2D eigenvalue weighted by atomic mass is 35.5. The van der Waals surface area contributed by atoms with Crippen molar-refractivity contribution in [3.05, 3.63) is 95.5 Å². The maximum absolute atomic E-state index is 6.14. The highest BCUT2D eigenvalue weighted by Gasteiger charge is 2.20. The van der Waals surface area contributed by atoms with Crippen molar-refractivity contribution in [2.24, 2.45) is 0 Å². The Morgan fingerprint density at radius 1 is 0.643 bits per heavy atom. The zero-order valence-corrected chi connectivity index (χ0v) is 16.6. The predicted octanol–water partition coefficient (Wildman–Crippen LogP) is 8.48. The van der Waals surface area contributed by atoms with Crippen LogP contribution in [-0.2, 0) is 0 Å². The molecular weight excluding hydrogens is 360 g/mol. The average Bonchev–Trinajstić information content (AvgIpc) is 3.29. The lowest BCUT2D eigenvalue weighted by atomic mass is 9.86. The molecule has 4 aromatic carbocycles. The average molecular weight is 383 g/mol. The lowest BCUT2D eigenvalue weighted by Gasteiger charge is -2.18. The van der Waals surface area contributed by atoms with Crippen molar-refractivity contribution in [2.45, 2.75) is 31.6 Å². The van der Waals surface area contributed by atoms with Crippen LogP contribution < -0.4 is 0 Å². The summed E-state index contributed by atoms with van der Waals surface area (Å²) in [5, 5.41) is 3.43. The molecule has 5 rings (SSSR count). The molecule has 0 nitrogen and oxygen atoms in total. The summed E-state index contributed by atoms with van der Waals surface area (Å²) >= 11 is 6.14. The fraction of sp³-hybridized carbons (Fsp3) is 0.185. The summed E-state index contributed by atoms with van der Waals surface area (Å²) in [5.74, 6) is 0.700. The van der Waals surface area contributed by atoms with E-state index >= 15 is 0 Å². The van der Waals surface area contributed by atoms with Crippen LogP contribution in [0.1, 0.15) is 37.2 Å². The van der Waals surface area contributed by atoms with E-state index in [0.717, 1.165) is 5.02 Å². The topological polar surface area (TPSA) is 0 Å². The van der Waals surface area contributed by atoms with E-state index in [9.17, 15) is 0 Å². The molecule has 0 amide bonds. The van der Waals surface area contributed by atoms with Crippen LogP contribution >= 0.6 is 11.6 Å². The summed E-state index contributed by atoms with van der Waals surface area (Å²) in [5.41, 5.74) is 6.60. The van der Waals surface area contributed by atoms with Gasteiger partial charge in [-0.2, -0.15) is 0 Å². The van der Waals surface area contributed by atoms with Gasteiger partial charge in [-0.15, -0.1) is 0 Å². The minimum atomic E-state index is 0.700. The Morgan fingerprint density at radius 2 is 1.36 bits per heavy atom. The third-order valence-electron chi connectivity index (χ3n) is 6.07. The van der Waals surface area contributed by atoms with Gasteiger partial charge < -0.3 is 0 Å². The van der Waals surface area contributed by atoms with E-state index in [0.29, 0.717) is 5.92 Å². The number of hydrogen-bond acceptors (Lipinski definition) is 0. The molecular formula is C27H23Cl. The summed E-state index contributed by atoms with van der Waals surface area (Å²) in [6.45, 7) is 0. The highest BCUT2D eigenvalue weighted by molar-refractivity contribution is 6.30. The third kappa shape index (κ3) is 3.23. The normalized spacial score (nSPS) is 14.6. The fourth-order valence-corrected chi connectivity index (χ4v) is 4.79. The van der Waals surface area contributed by atoms with E-state index in [2.05, 4.69) is 72.8 Å². The van der Waals surface area contributed by atoms with Crippen LogP contribution in [0.3, 0.4) is 0 Å². The highest BCUT2D eigenvalue weighted by Crippen LogP contribution is 2.42. The molecule has 1 saturated carbocycles. The minimum Gasteiger partial charge on any atom is -0.0843 e. The molecule has 4 aromatic rings. The second-order valence-corrected chi connectivity index (χ2v) is 8.26. The van der Waals surface area contributed by atoms with Crippen molar-refractivity contribution in [1.29, 1.82) is 0 Å². The van der Waals surface area contributed by atoms with E-state index in [-0.39, 0.29) is 0 Å². The van der Waals surface area contributed by atoms with Gasteiger partial charge in [0, 0.05) is 5.02 Å². The van der Waals surface area contributed by atoms with Gasteiger partial charge in [0.05, 0.1) is 0 Å². The first-order chi connectivity index (χ1) is 13.8. The van der Waals surface area contributed by atoms with Crippen molar-refractivity contribution in [1.82, 2.24) is 0 Å². The Balaban J connectivity index is 1.79. The predicted molar refractivity (Wildman–Crippen MR) is 121 cm³/mol. The molecule has 0 heterocycles. The first-order valence-corrected chi connectivity index (χ1v) is 10.6. The minimum absolute atomic E-state index is 0.700. The summed E-state index contributed by atoms with van der Waals surface area (Å²) in [6, 6.07) is 30.6. The molecule has 0 N–H and O–H groups in total. The van der Waals surface area contributed by atoms with Crippen molar-refractivity contribution in [3.8, 4) is 22.3 Å². The zero-order valence-electron chi connectivity index (χ0n) is 15.9. The van der Waals surface area contributed by atoms with Gasteiger partial charge in [-0.3, -0.25) is 0 Å². The smallest absolute Gasteiger partial charge is 0.0406 e. The van der Waals surface area contributed by atoms with Crippen LogP contribution in [0.2, 0.25) is 5.02 Å².